The zero-order chi connectivity index (χ0) is 10.8. The Morgan fingerprint density at radius 1 is 1.36 bits per heavy atom. The van der Waals surface area contributed by atoms with Gasteiger partial charge in [0.2, 0.25) is 0 Å². The first-order valence-corrected chi connectivity index (χ1v) is 5.83. The lowest BCUT2D eigenvalue weighted by molar-refractivity contribution is 0.480. The average Bonchev–Trinajstić information content (AvgIpc) is 2.00. The van der Waals surface area contributed by atoms with Crippen LogP contribution in [0.15, 0.2) is 23.1 Å². The smallest absolute Gasteiger partial charge is 0.138 e. The van der Waals surface area contributed by atoms with Gasteiger partial charge in [-0.3, -0.25) is 0 Å². The van der Waals surface area contributed by atoms with Gasteiger partial charge in [-0.2, -0.15) is 0 Å². The second-order valence-electron chi connectivity index (χ2n) is 4.42. The molecule has 1 rings (SSSR count). The van der Waals surface area contributed by atoms with Gasteiger partial charge in [-0.05, 0) is 23.6 Å². The Labute approximate surface area is 93.8 Å². The molecule has 0 nitrogen and oxygen atoms in total. The molecule has 3 heteroatoms. The summed E-state index contributed by atoms with van der Waals surface area (Å²) < 4.78 is 13.3. The minimum Gasteiger partial charge on any atom is -0.206 e. The predicted molar refractivity (Wildman–Crippen MR) is 61.6 cm³/mol. The molecule has 0 radical (unpaired) electrons. The van der Waals surface area contributed by atoms with Gasteiger partial charge in [0.15, 0.2) is 0 Å². The fraction of sp³-hybridized carbons (Fsp3) is 0.455. The fourth-order valence-electron chi connectivity index (χ4n) is 0.887. The standard InChI is InChI=1S/C11H14ClFS/c1-11(2,3)7-14-10-5-4-8(12)6-9(10)13/h4-6H,7H2,1-3H3. The van der Waals surface area contributed by atoms with Gasteiger partial charge in [0, 0.05) is 15.7 Å². The van der Waals surface area contributed by atoms with Gasteiger partial charge in [-0.25, -0.2) is 4.39 Å². The highest BCUT2D eigenvalue weighted by atomic mass is 35.5. The quantitative estimate of drug-likeness (QED) is 0.671. The van der Waals surface area contributed by atoms with Crippen LogP contribution in [-0.2, 0) is 0 Å². The Balaban J connectivity index is 2.68. The summed E-state index contributed by atoms with van der Waals surface area (Å²) in [6, 6.07) is 4.80. The van der Waals surface area contributed by atoms with E-state index in [9.17, 15) is 4.39 Å². The van der Waals surface area contributed by atoms with Crippen LogP contribution in [0, 0.1) is 11.2 Å². The van der Waals surface area contributed by atoms with Crippen LogP contribution in [0.3, 0.4) is 0 Å². The van der Waals surface area contributed by atoms with Crippen LogP contribution >= 0.6 is 23.4 Å². The Hall–Kier alpha value is -0.210. The number of rotatable bonds is 2. The van der Waals surface area contributed by atoms with Crippen molar-refractivity contribution in [2.45, 2.75) is 25.7 Å². The first kappa shape index (κ1) is 11.9. The highest BCUT2D eigenvalue weighted by Gasteiger charge is 2.12. The summed E-state index contributed by atoms with van der Waals surface area (Å²) in [6.07, 6.45) is 0. The second-order valence-corrected chi connectivity index (χ2v) is 5.88. The lowest BCUT2D eigenvalue weighted by Gasteiger charge is -2.17. The van der Waals surface area contributed by atoms with Crippen molar-refractivity contribution in [1.29, 1.82) is 0 Å². The molecule has 0 amide bonds. The highest BCUT2D eigenvalue weighted by Crippen LogP contribution is 2.29. The molecule has 0 aliphatic carbocycles. The van der Waals surface area contributed by atoms with Crippen LogP contribution in [0.1, 0.15) is 20.8 Å². The molecule has 0 aromatic heterocycles. The van der Waals surface area contributed by atoms with Gasteiger partial charge in [0.25, 0.3) is 0 Å². The molecule has 1 aromatic carbocycles. The van der Waals surface area contributed by atoms with E-state index in [4.69, 9.17) is 11.6 Å². The van der Waals surface area contributed by atoms with Crippen molar-refractivity contribution >= 4 is 23.4 Å². The van der Waals surface area contributed by atoms with E-state index < -0.39 is 0 Å². The maximum atomic E-state index is 13.3. The summed E-state index contributed by atoms with van der Waals surface area (Å²) in [6.45, 7) is 6.40. The molecule has 0 bridgehead atoms. The van der Waals surface area contributed by atoms with E-state index in [0.29, 0.717) is 9.92 Å². The average molecular weight is 233 g/mol. The molecule has 0 saturated heterocycles. The first-order chi connectivity index (χ1) is 6.38. The molecule has 0 N–H and O–H groups in total. The molecule has 78 valence electrons. The molecule has 1 aromatic rings. The zero-order valence-electron chi connectivity index (χ0n) is 8.60. The van der Waals surface area contributed by atoms with Gasteiger partial charge in [0.05, 0.1) is 0 Å². The summed E-state index contributed by atoms with van der Waals surface area (Å²) in [5.41, 5.74) is 0.205. The van der Waals surface area contributed by atoms with Crippen LogP contribution in [0.4, 0.5) is 4.39 Å². The third kappa shape index (κ3) is 3.89. The van der Waals surface area contributed by atoms with Crippen LogP contribution < -0.4 is 0 Å². The minimum absolute atomic E-state index is 0.205. The summed E-state index contributed by atoms with van der Waals surface area (Å²) in [5, 5.41) is 0.447. The Morgan fingerprint density at radius 3 is 2.50 bits per heavy atom. The molecule has 0 spiro atoms. The van der Waals surface area contributed by atoms with Crippen molar-refractivity contribution < 1.29 is 4.39 Å². The molecule has 14 heavy (non-hydrogen) atoms. The number of thioether (sulfide) groups is 1. The third-order valence-electron chi connectivity index (χ3n) is 1.55. The monoisotopic (exact) mass is 232 g/mol. The van der Waals surface area contributed by atoms with E-state index >= 15 is 0 Å². The first-order valence-electron chi connectivity index (χ1n) is 4.46. The minimum atomic E-state index is -0.230. The normalized spacial score (nSPS) is 11.8. The Kier molecular flexibility index (Phi) is 3.85. The SMILES string of the molecule is CC(C)(C)CSc1ccc(Cl)cc1F. The molecule has 0 atom stereocenters. The molecular formula is C11H14ClFS. The predicted octanol–water partition coefficient (Wildman–Crippen LogP) is 4.62. The number of hydrogen-bond acceptors (Lipinski definition) is 1. The number of benzene rings is 1. The third-order valence-corrected chi connectivity index (χ3v) is 3.44. The Morgan fingerprint density at radius 2 is 2.00 bits per heavy atom. The molecule has 0 heterocycles. The van der Waals surface area contributed by atoms with Crippen molar-refractivity contribution in [1.82, 2.24) is 0 Å². The van der Waals surface area contributed by atoms with Crippen LogP contribution in [-0.4, -0.2) is 5.75 Å². The molecule has 0 fully saturated rings. The molecule has 0 saturated carbocycles. The van der Waals surface area contributed by atoms with Crippen molar-refractivity contribution in [3.63, 3.8) is 0 Å². The lowest BCUT2D eigenvalue weighted by atomic mass is 10.0. The van der Waals surface area contributed by atoms with Gasteiger partial charge < -0.3 is 0 Å². The highest BCUT2D eigenvalue weighted by molar-refractivity contribution is 7.99. The Bertz CT molecular complexity index is 318. The van der Waals surface area contributed by atoms with Crippen molar-refractivity contribution in [3.8, 4) is 0 Å². The zero-order valence-corrected chi connectivity index (χ0v) is 10.2. The van der Waals surface area contributed by atoms with Gasteiger partial charge in [-0.1, -0.05) is 32.4 Å². The maximum Gasteiger partial charge on any atom is 0.138 e. The molecular weight excluding hydrogens is 219 g/mol. The van der Waals surface area contributed by atoms with Crippen molar-refractivity contribution in [2.75, 3.05) is 5.75 Å². The topological polar surface area (TPSA) is 0 Å². The molecule has 0 unspecified atom stereocenters. The number of halogens is 2. The summed E-state index contributed by atoms with van der Waals surface area (Å²) in [7, 11) is 0. The van der Waals surface area contributed by atoms with E-state index in [1.54, 1.807) is 12.1 Å². The van der Waals surface area contributed by atoms with Crippen LogP contribution in [0.2, 0.25) is 5.02 Å². The summed E-state index contributed by atoms with van der Waals surface area (Å²) >= 11 is 7.19. The van der Waals surface area contributed by atoms with E-state index in [-0.39, 0.29) is 11.2 Å². The number of hydrogen-bond donors (Lipinski definition) is 0. The van der Waals surface area contributed by atoms with Crippen LogP contribution in [0.25, 0.3) is 0 Å². The lowest BCUT2D eigenvalue weighted by Crippen LogP contribution is -2.08. The fourth-order valence-corrected chi connectivity index (χ4v) is 1.99. The van der Waals surface area contributed by atoms with Gasteiger partial charge in [-0.15, -0.1) is 11.8 Å². The largest absolute Gasteiger partial charge is 0.206 e. The van der Waals surface area contributed by atoms with Crippen molar-refractivity contribution in [3.05, 3.63) is 29.0 Å². The van der Waals surface area contributed by atoms with E-state index in [1.165, 1.54) is 17.8 Å². The van der Waals surface area contributed by atoms with E-state index in [0.717, 1.165) is 5.75 Å². The summed E-state index contributed by atoms with van der Waals surface area (Å²) in [5.74, 6) is 0.665. The van der Waals surface area contributed by atoms with Gasteiger partial charge in [0.1, 0.15) is 5.82 Å². The van der Waals surface area contributed by atoms with Crippen LogP contribution in [0.5, 0.6) is 0 Å². The maximum absolute atomic E-state index is 13.3. The van der Waals surface area contributed by atoms with E-state index in [2.05, 4.69) is 20.8 Å². The van der Waals surface area contributed by atoms with Crippen molar-refractivity contribution in [2.24, 2.45) is 5.41 Å². The van der Waals surface area contributed by atoms with E-state index in [1.807, 2.05) is 0 Å². The molecule has 0 aliphatic heterocycles. The second kappa shape index (κ2) is 4.54. The van der Waals surface area contributed by atoms with Gasteiger partial charge >= 0.3 is 0 Å². The molecule has 0 aliphatic rings. The summed E-state index contributed by atoms with van der Waals surface area (Å²) in [4.78, 5) is 0.671.